The molecule has 0 spiro atoms. The second kappa shape index (κ2) is 4.40. The van der Waals surface area contributed by atoms with Gasteiger partial charge in [0.15, 0.2) is 0 Å². The Hall–Kier alpha value is -0.120. The van der Waals surface area contributed by atoms with Gasteiger partial charge in [-0.15, -0.1) is 0 Å². The maximum Gasteiger partial charge on any atom is 0.0915 e. The zero-order chi connectivity index (χ0) is 9.10. The number of rotatable bonds is 7. The Morgan fingerprint density at radius 1 is 1.15 bits per heavy atom. The summed E-state index contributed by atoms with van der Waals surface area (Å²) in [6.45, 7) is 1.33. The quantitative estimate of drug-likeness (QED) is 0.479. The summed E-state index contributed by atoms with van der Waals surface area (Å²) in [6, 6.07) is 0.636. The van der Waals surface area contributed by atoms with Gasteiger partial charge in [-0.3, -0.25) is 4.84 Å². The summed E-state index contributed by atoms with van der Waals surface area (Å²) in [5.74, 6) is 1.80. The highest BCUT2D eigenvalue weighted by Gasteiger charge is 2.41. The van der Waals surface area contributed by atoms with Crippen LogP contribution in [0.5, 0.6) is 0 Å². The molecule has 13 heavy (non-hydrogen) atoms. The van der Waals surface area contributed by atoms with Crippen LogP contribution in [-0.4, -0.2) is 26.4 Å². The van der Waals surface area contributed by atoms with E-state index in [0.717, 1.165) is 11.8 Å². The van der Waals surface area contributed by atoms with Crippen molar-refractivity contribution >= 4 is 0 Å². The molecule has 0 aromatic heterocycles. The summed E-state index contributed by atoms with van der Waals surface area (Å²) in [7, 11) is 1.70. The molecule has 3 heteroatoms. The van der Waals surface area contributed by atoms with Crippen LogP contribution in [0.4, 0.5) is 0 Å². The Labute approximate surface area is 79.7 Å². The summed E-state index contributed by atoms with van der Waals surface area (Å²) in [4.78, 5) is 5.36. The number of ether oxygens (including phenoxy) is 1. The van der Waals surface area contributed by atoms with E-state index in [9.17, 15) is 0 Å². The SMILES string of the molecule is COCCONC(C1CC1)C1CC1. The van der Waals surface area contributed by atoms with E-state index < -0.39 is 0 Å². The standard InChI is InChI=1S/C10H19NO2/c1-12-6-7-13-11-10(8-2-3-8)9-4-5-9/h8-11H,2-7H2,1H3. The molecular weight excluding hydrogens is 166 g/mol. The minimum atomic E-state index is 0.636. The van der Waals surface area contributed by atoms with Gasteiger partial charge in [-0.2, -0.15) is 5.48 Å². The molecular formula is C10H19NO2. The highest BCUT2D eigenvalue weighted by molar-refractivity contribution is 4.94. The molecule has 2 aliphatic carbocycles. The first kappa shape index (κ1) is 9.44. The van der Waals surface area contributed by atoms with E-state index in [1.54, 1.807) is 7.11 Å². The van der Waals surface area contributed by atoms with Gasteiger partial charge < -0.3 is 4.74 Å². The molecule has 0 atom stereocenters. The van der Waals surface area contributed by atoms with Crippen molar-refractivity contribution in [2.45, 2.75) is 31.7 Å². The smallest absolute Gasteiger partial charge is 0.0915 e. The number of nitrogens with one attached hydrogen (secondary N) is 1. The van der Waals surface area contributed by atoms with E-state index in [1.807, 2.05) is 0 Å². The molecule has 3 nitrogen and oxygen atoms in total. The minimum absolute atomic E-state index is 0.636. The van der Waals surface area contributed by atoms with Crippen LogP contribution < -0.4 is 5.48 Å². The van der Waals surface area contributed by atoms with Crippen molar-refractivity contribution in [3.8, 4) is 0 Å². The van der Waals surface area contributed by atoms with E-state index >= 15 is 0 Å². The van der Waals surface area contributed by atoms with Crippen molar-refractivity contribution < 1.29 is 9.57 Å². The topological polar surface area (TPSA) is 30.5 Å². The lowest BCUT2D eigenvalue weighted by atomic mass is 10.1. The van der Waals surface area contributed by atoms with Crippen molar-refractivity contribution in [1.82, 2.24) is 5.48 Å². The summed E-state index contributed by atoms with van der Waals surface area (Å²) < 4.78 is 4.91. The van der Waals surface area contributed by atoms with Gasteiger partial charge in [0, 0.05) is 13.2 Å². The first-order chi connectivity index (χ1) is 6.42. The van der Waals surface area contributed by atoms with Gasteiger partial charge in [0.05, 0.1) is 13.2 Å². The van der Waals surface area contributed by atoms with E-state index in [4.69, 9.17) is 9.57 Å². The lowest BCUT2D eigenvalue weighted by molar-refractivity contribution is -0.0201. The van der Waals surface area contributed by atoms with E-state index in [-0.39, 0.29) is 0 Å². The number of hydrogen-bond donors (Lipinski definition) is 1. The summed E-state index contributed by atoms with van der Waals surface area (Å²) >= 11 is 0. The van der Waals surface area contributed by atoms with Gasteiger partial charge in [0.1, 0.15) is 0 Å². The average molecular weight is 185 g/mol. The Bertz CT molecular complexity index is 143. The second-order valence-electron chi connectivity index (χ2n) is 4.16. The third kappa shape index (κ3) is 2.93. The molecule has 0 aromatic rings. The average Bonchev–Trinajstić information content (AvgIpc) is 2.99. The monoisotopic (exact) mass is 185 g/mol. The number of methoxy groups -OCH3 is 1. The molecule has 2 aliphatic rings. The summed E-state index contributed by atoms with van der Waals surface area (Å²) in [5, 5.41) is 0. The van der Waals surface area contributed by atoms with E-state index in [2.05, 4.69) is 5.48 Å². The van der Waals surface area contributed by atoms with Crippen molar-refractivity contribution in [3.63, 3.8) is 0 Å². The molecule has 76 valence electrons. The number of hydrogen-bond acceptors (Lipinski definition) is 3. The Morgan fingerprint density at radius 2 is 1.77 bits per heavy atom. The van der Waals surface area contributed by atoms with Crippen LogP contribution >= 0.6 is 0 Å². The summed E-state index contributed by atoms with van der Waals surface area (Å²) in [5.41, 5.74) is 3.20. The third-order valence-electron chi connectivity index (χ3n) is 2.87. The summed E-state index contributed by atoms with van der Waals surface area (Å²) in [6.07, 6.45) is 5.56. The molecule has 2 rings (SSSR count). The van der Waals surface area contributed by atoms with Crippen molar-refractivity contribution in [1.29, 1.82) is 0 Å². The molecule has 0 radical (unpaired) electrons. The first-order valence-electron chi connectivity index (χ1n) is 5.28. The molecule has 0 saturated heterocycles. The largest absolute Gasteiger partial charge is 0.382 e. The Balaban J connectivity index is 1.59. The van der Waals surface area contributed by atoms with Crippen LogP contribution in [0.15, 0.2) is 0 Å². The molecule has 2 fully saturated rings. The highest BCUT2D eigenvalue weighted by atomic mass is 16.7. The maximum atomic E-state index is 5.36. The fourth-order valence-electron chi connectivity index (χ4n) is 1.77. The molecule has 2 saturated carbocycles. The molecule has 0 unspecified atom stereocenters. The normalized spacial score (nSPS) is 22.6. The maximum absolute atomic E-state index is 5.36. The van der Waals surface area contributed by atoms with Gasteiger partial charge in [0.25, 0.3) is 0 Å². The molecule has 0 bridgehead atoms. The zero-order valence-corrected chi connectivity index (χ0v) is 8.29. The van der Waals surface area contributed by atoms with Crippen molar-refractivity contribution in [2.24, 2.45) is 11.8 Å². The van der Waals surface area contributed by atoms with Crippen LogP contribution in [0.2, 0.25) is 0 Å². The van der Waals surface area contributed by atoms with Gasteiger partial charge in [-0.1, -0.05) is 0 Å². The first-order valence-corrected chi connectivity index (χ1v) is 5.28. The van der Waals surface area contributed by atoms with Crippen LogP contribution in [0.3, 0.4) is 0 Å². The van der Waals surface area contributed by atoms with Gasteiger partial charge >= 0.3 is 0 Å². The van der Waals surface area contributed by atoms with Crippen LogP contribution in [0.25, 0.3) is 0 Å². The predicted octanol–water partition coefficient (Wildman–Crippen LogP) is 1.34. The van der Waals surface area contributed by atoms with Crippen molar-refractivity contribution in [3.05, 3.63) is 0 Å². The Morgan fingerprint density at radius 3 is 2.23 bits per heavy atom. The predicted molar refractivity (Wildman–Crippen MR) is 50.2 cm³/mol. The number of hydroxylamine groups is 1. The highest BCUT2D eigenvalue weighted by Crippen LogP contribution is 2.44. The Kier molecular flexibility index (Phi) is 3.19. The van der Waals surface area contributed by atoms with E-state index in [1.165, 1.54) is 25.7 Å². The van der Waals surface area contributed by atoms with Crippen molar-refractivity contribution in [2.75, 3.05) is 20.3 Å². The molecule has 0 amide bonds. The molecule has 1 N–H and O–H groups in total. The van der Waals surface area contributed by atoms with Crippen LogP contribution in [0.1, 0.15) is 25.7 Å². The third-order valence-corrected chi connectivity index (χ3v) is 2.87. The zero-order valence-electron chi connectivity index (χ0n) is 8.29. The fraction of sp³-hybridized carbons (Fsp3) is 1.00. The van der Waals surface area contributed by atoms with Gasteiger partial charge in [-0.25, -0.2) is 0 Å². The lowest BCUT2D eigenvalue weighted by Crippen LogP contribution is -2.34. The van der Waals surface area contributed by atoms with E-state index in [0.29, 0.717) is 19.3 Å². The van der Waals surface area contributed by atoms with Gasteiger partial charge in [-0.05, 0) is 37.5 Å². The lowest BCUT2D eigenvalue weighted by Gasteiger charge is -2.16. The second-order valence-corrected chi connectivity index (χ2v) is 4.16. The van der Waals surface area contributed by atoms with Crippen LogP contribution in [-0.2, 0) is 9.57 Å². The van der Waals surface area contributed by atoms with Gasteiger partial charge in [0.2, 0.25) is 0 Å². The molecule has 0 aliphatic heterocycles. The van der Waals surface area contributed by atoms with Crippen LogP contribution in [0, 0.1) is 11.8 Å². The molecule has 0 aromatic carbocycles. The molecule has 0 heterocycles. The fourth-order valence-corrected chi connectivity index (χ4v) is 1.77. The minimum Gasteiger partial charge on any atom is -0.382 e.